The summed E-state index contributed by atoms with van der Waals surface area (Å²) in [6.07, 6.45) is 3.50. The standard InChI is InChI=1S/C23H23N5O4S2/c1-32-20-7-4-6-19(15-20)28-10-9-25-23(28)33-17-22(29)26-11-13-27(14-12-26)34(30,31)21-8-3-2-5-18(21)16-24/h2-10,15H,11-14,17H2,1H3. The highest BCUT2D eigenvalue weighted by Crippen LogP contribution is 2.24. The van der Waals surface area contributed by atoms with Gasteiger partial charge in [-0.1, -0.05) is 30.0 Å². The molecule has 34 heavy (non-hydrogen) atoms. The van der Waals surface area contributed by atoms with Crippen molar-refractivity contribution >= 4 is 27.7 Å². The van der Waals surface area contributed by atoms with Crippen molar-refractivity contribution in [2.75, 3.05) is 39.0 Å². The molecule has 0 N–H and O–H groups in total. The SMILES string of the molecule is COc1cccc(-n2ccnc2SCC(=O)N2CCN(S(=O)(=O)c3ccccc3C#N)CC2)c1. The zero-order valence-corrected chi connectivity index (χ0v) is 20.1. The molecule has 0 bridgehead atoms. The van der Waals surface area contributed by atoms with Gasteiger partial charge in [-0.15, -0.1) is 0 Å². The Morgan fingerprint density at radius 1 is 1.15 bits per heavy atom. The Labute approximate surface area is 202 Å². The number of ether oxygens (including phenoxy) is 1. The van der Waals surface area contributed by atoms with Gasteiger partial charge in [0.05, 0.1) is 29.0 Å². The van der Waals surface area contributed by atoms with Gasteiger partial charge in [0, 0.05) is 44.6 Å². The first-order valence-corrected chi connectivity index (χ1v) is 12.9. The maximum Gasteiger partial charge on any atom is 0.244 e. The number of thioether (sulfide) groups is 1. The molecule has 2 aromatic carbocycles. The molecular weight excluding hydrogens is 474 g/mol. The summed E-state index contributed by atoms with van der Waals surface area (Å²) in [6, 6.07) is 15.6. The lowest BCUT2D eigenvalue weighted by atomic mass is 10.2. The number of amides is 1. The molecule has 4 rings (SSSR count). The molecule has 0 spiro atoms. The van der Waals surface area contributed by atoms with E-state index in [2.05, 4.69) is 4.98 Å². The number of methoxy groups -OCH3 is 1. The van der Waals surface area contributed by atoms with E-state index in [-0.39, 0.29) is 48.3 Å². The number of carbonyl (C=O) groups is 1. The summed E-state index contributed by atoms with van der Waals surface area (Å²) in [6.45, 7) is 0.934. The van der Waals surface area contributed by atoms with Crippen LogP contribution in [0.1, 0.15) is 5.56 Å². The number of benzene rings is 2. The lowest BCUT2D eigenvalue weighted by Crippen LogP contribution is -2.51. The van der Waals surface area contributed by atoms with Crippen molar-refractivity contribution in [1.82, 2.24) is 18.8 Å². The van der Waals surface area contributed by atoms with Crippen LogP contribution in [-0.2, 0) is 14.8 Å². The number of nitriles is 1. The lowest BCUT2D eigenvalue weighted by Gasteiger charge is -2.34. The van der Waals surface area contributed by atoms with Crippen molar-refractivity contribution in [1.29, 1.82) is 5.26 Å². The number of imidazole rings is 1. The largest absolute Gasteiger partial charge is 0.497 e. The van der Waals surface area contributed by atoms with Crippen LogP contribution in [0.15, 0.2) is 71.0 Å². The van der Waals surface area contributed by atoms with E-state index in [4.69, 9.17) is 4.74 Å². The smallest absolute Gasteiger partial charge is 0.244 e. The van der Waals surface area contributed by atoms with Crippen molar-refractivity contribution in [3.05, 3.63) is 66.5 Å². The molecule has 0 unspecified atom stereocenters. The van der Waals surface area contributed by atoms with Crippen LogP contribution < -0.4 is 4.74 Å². The third-order valence-corrected chi connectivity index (χ3v) is 8.39. The van der Waals surface area contributed by atoms with Gasteiger partial charge in [-0.05, 0) is 24.3 Å². The fourth-order valence-electron chi connectivity index (χ4n) is 3.67. The summed E-state index contributed by atoms with van der Waals surface area (Å²) < 4.78 is 34.5. The Balaban J connectivity index is 1.36. The molecular formula is C23H23N5O4S2. The van der Waals surface area contributed by atoms with E-state index in [9.17, 15) is 18.5 Å². The van der Waals surface area contributed by atoms with Crippen LogP contribution in [0, 0.1) is 11.3 Å². The van der Waals surface area contributed by atoms with Crippen molar-refractivity contribution in [3.63, 3.8) is 0 Å². The molecule has 9 nitrogen and oxygen atoms in total. The van der Waals surface area contributed by atoms with Crippen LogP contribution in [0.5, 0.6) is 5.75 Å². The van der Waals surface area contributed by atoms with Crippen LogP contribution in [0.2, 0.25) is 0 Å². The van der Waals surface area contributed by atoms with E-state index in [0.717, 1.165) is 11.4 Å². The minimum absolute atomic E-state index is 0.00258. The van der Waals surface area contributed by atoms with E-state index in [0.29, 0.717) is 5.16 Å². The van der Waals surface area contributed by atoms with Crippen LogP contribution in [0.25, 0.3) is 5.69 Å². The zero-order valence-electron chi connectivity index (χ0n) is 18.5. The van der Waals surface area contributed by atoms with Crippen LogP contribution >= 0.6 is 11.8 Å². The van der Waals surface area contributed by atoms with Crippen LogP contribution in [-0.4, -0.2) is 72.1 Å². The monoisotopic (exact) mass is 497 g/mol. The fourth-order valence-corrected chi connectivity index (χ4v) is 6.11. The predicted octanol–water partition coefficient (Wildman–Crippen LogP) is 2.38. The Morgan fingerprint density at radius 2 is 1.91 bits per heavy atom. The quantitative estimate of drug-likeness (QED) is 0.461. The average molecular weight is 498 g/mol. The van der Waals surface area contributed by atoms with E-state index >= 15 is 0 Å². The average Bonchev–Trinajstić information content (AvgIpc) is 3.36. The van der Waals surface area contributed by atoms with Crippen LogP contribution in [0.3, 0.4) is 0 Å². The van der Waals surface area contributed by atoms with E-state index in [1.165, 1.54) is 28.2 Å². The molecule has 0 saturated carbocycles. The number of aromatic nitrogens is 2. The van der Waals surface area contributed by atoms with Gasteiger partial charge in [0.2, 0.25) is 15.9 Å². The second kappa shape index (κ2) is 10.3. The molecule has 3 aromatic rings. The van der Waals surface area contributed by atoms with Crippen molar-refractivity contribution < 1.29 is 17.9 Å². The minimum atomic E-state index is -3.80. The molecule has 1 saturated heterocycles. The van der Waals surface area contributed by atoms with Crippen molar-refractivity contribution in [3.8, 4) is 17.5 Å². The first kappa shape index (κ1) is 23.8. The number of piperazine rings is 1. The normalized spacial score (nSPS) is 14.5. The Kier molecular flexibility index (Phi) is 7.21. The summed E-state index contributed by atoms with van der Waals surface area (Å²) in [4.78, 5) is 18.8. The van der Waals surface area contributed by atoms with Gasteiger partial charge in [0.15, 0.2) is 5.16 Å². The molecule has 1 aromatic heterocycles. The van der Waals surface area contributed by atoms with E-state index in [1.54, 1.807) is 30.3 Å². The highest BCUT2D eigenvalue weighted by Gasteiger charge is 2.31. The number of sulfonamides is 1. The van der Waals surface area contributed by atoms with E-state index < -0.39 is 10.0 Å². The molecule has 1 aliphatic rings. The molecule has 0 aliphatic carbocycles. The molecule has 1 amide bonds. The number of hydrogen-bond donors (Lipinski definition) is 0. The fraction of sp³-hybridized carbons (Fsp3) is 0.261. The Hall–Kier alpha value is -3.33. The topological polar surface area (TPSA) is 109 Å². The van der Waals surface area contributed by atoms with Gasteiger partial charge in [-0.25, -0.2) is 13.4 Å². The van der Waals surface area contributed by atoms with Crippen molar-refractivity contribution in [2.45, 2.75) is 10.1 Å². The number of nitrogens with zero attached hydrogens (tertiary/aromatic N) is 5. The second-order valence-electron chi connectivity index (χ2n) is 7.46. The third kappa shape index (κ3) is 4.94. The maximum absolute atomic E-state index is 13.0. The third-order valence-electron chi connectivity index (χ3n) is 5.48. The summed E-state index contributed by atoms with van der Waals surface area (Å²) in [7, 11) is -2.19. The molecule has 2 heterocycles. The van der Waals surface area contributed by atoms with Gasteiger partial charge in [0.1, 0.15) is 11.8 Å². The molecule has 11 heteroatoms. The molecule has 0 atom stereocenters. The Bertz CT molecular complexity index is 1320. The summed E-state index contributed by atoms with van der Waals surface area (Å²) in [5.41, 5.74) is 0.993. The molecule has 0 radical (unpaired) electrons. The highest BCUT2D eigenvalue weighted by atomic mass is 32.2. The van der Waals surface area contributed by atoms with Gasteiger partial charge < -0.3 is 9.64 Å². The maximum atomic E-state index is 13.0. The summed E-state index contributed by atoms with van der Waals surface area (Å²) in [5.74, 6) is 0.827. The highest BCUT2D eigenvalue weighted by molar-refractivity contribution is 7.99. The summed E-state index contributed by atoms with van der Waals surface area (Å²) in [5, 5.41) is 9.93. The lowest BCUT2D eigenvalue weighted by molar-refractivity contribution is -0.129. The number of hydrogen-bond acceptors (Lipinski definition) is 7. The minimum Gasteiger partial charge on any atom is -0.497 e. The molecule has 1 fully saturated rings. The second-order valence-corrected chi connectivity index (χ2v) is 10.3. The molecule has 1 aliphatic heterocycles. The number of carbonyl (C=O) groups excluding carboxylic acids is 1. The van der Waals surface area contributed by atoms with Gasteiger partial charge in [-0.2, -0.15) is 9.57 Å². The zero-order chi connectivity index (χ0) is 24.1. The van der Waals surface area contributed by atoms with Gasteiger partial charge in [0.25, 0.3) is 0 Å². The number of rotatable bonds is 7. The Morgan fingerprint density at radius 3 is 2.65 bits per heavy atom. The molecule has 176 valence electrons. The van der Waals surface area contributed by atoms with E-state index in [1.807, 2.05) is 41.1 Å². The summed E-state index contributed by atoms with van der Waals surface area (Å²) >= 11 is 1.32. The van der Waals surface area contributed by atoms with Crippen molar-refractivity contribution in [2.24, 2.45) is 0 Å². The van der Waals surface area contributed by atoms with Crippen LogP contribution in [0.4, 0.5) is 0 Å². The van der Waals surface area contributed by atoms with Gasteiger partial charge >= 0.3 is 0 Å². The first-order valence-electron chi connectivity index (χ1n) is 10.5. The predicted molar refractivity (Wildman–Crippen MR) is 127 cm³/mol. The first-order chi connectivity index (χ1) is 16.4. The van der Waals surface area contributed by atoms with Gasteiger partial charge in [-0.3, -0.25) is 9.36 Å².